The second kappa shape index (κ2) is 8.45. The number of anilines is 1. The lowest BCUT2D eigenvalue weighted by Crippen LogP contribution is -2.15. The van der Waals surface area contributed by atoms with Crippen LogP contribution in [0.2, 0.25) is 0 Å². The number of benzene rings is 3. The van der Waals surface area contributed by atoms with E-state index in [2.05, 4.69) is 21.2 Å². The summed E-state index contributed by atoms with van der Waals surface area (Å²) in [5.74, 6) is -0.768. The summed E-state index contributed by atoms with van der Waals surface area (Å²) in [5, 5.41) is 2.77. The molecule has 0 heterocycles. The van der Waals surface area contributed by atoms with Gasteiger partial charge in [-0.2, -0.15) is 0 Å². The van der Waals surface area contributed by atoms with E-state index >= 15 is 0 Å². The van der Waals surface area contributed by atoms with Gasteiger partial charge in [0.15, 0.2) is 0 Å². The molecule has 0 fully saturated rings. The third kappa shape index (κ3) is 4.58. The second-order valence-corrected chi connectivity index (χ2v) is 6.48. The van der Waals surface area contributed by atoms with E-state index < -0.39 is 5.97 Å². The van der Waals surface area contributed by atoms with Gasteiger partial charge in [-0.25, -0.2) is 4.79 Å². The van der Waals surface area contributed by atoms with Crippen molar-refractivity contribution in [2.24, 2.45) is 0 Å². The number of hydrogen-bond donors (Lipinski definition) is 1. The maximum absolute atomic E-state index is 12.4. The lowest BCUT2D eigenvalue weighted by molar-refractivity contribution is 0.0474. The second-order valence-electron chi connectivity index (χ2n) is 5.57. The number of amides is 1. The van der Waals surface area contributed by atoms with Crippen LogP contribution in [0.15, 0.2) is 83.3 Å². The Hall–Kier alpha value is -2.92. The van der Waals surface area contributed by atoms with E-state index in [0.717, 1.165) is 10.0 Å². The third-order valence-corrected chi connectivity index (χ3v) is 4.24. The summed E-state index contributed by atoms with van der Waals surface area (Å²) in [4.78, 5) is 24.8. The minimum absolute atomic E-state index is 0.160. The van der Waals surface area contributed by atoms with E-state index in [0.29, 0.717) is 16.8 Å². The fraction of sp³-hybridized carbons (Fsp3) is 0.0476. The van der Waals surface area contributed by atoms with Crippen LogP contribution in [0.5, 0.6) is 0 Å². The zero-order valence-corrected chi connectivity index (χ0v) is 15.4. The molecule has 0 spiro atoms. The van der Waals surface area contributed by atoms with Gasteiger partial charge in [-0.15, -0.1) is 0 Å². The van der Waals surface area contributed by atoms with E-state index in [-0.39, 0.29) is 12.5 Å². The molecule has 3 aromatic rings. The highest BCUT2D eigenvalue weighted by molar-refractivity contribution is 9.10. The average molecular weight is 410 g/mol. The van der Waals surface area contributed by atoms with E-state index in [4.69, 9.17) is 4.74 Å². The van der Waals surface area contributed by atoms with Crippen LogP contribution in [0.25, 0.3) is 0 Å². The highest BCUT2D eigenvalue weighted by atomic mass is 79.9. The van der Waals surface area contributed by atoms with Crippen LogP contribution in [0.3, 0.4) is 0 Å². The minimum atomic E-state index is -0.489. The number of halogens is 1. The Bertz CT molecular complexity index is 908. The average Bonchev–Trinajstić information content (AvgIpc) is 2.68. The molecule has 0 bridgehead atoms. The predicted molar refractivity (Wildman–Crippen MR) is 104 cm³/mol. The van der Waals surface area contributed by atoms with Crippen LogP contribution in [0.1, 0.15) is 26.3 Å². The van der Waals surface area contributed by atoms with E-state index in [1.165, 1.54) is 0 Å². The van der Waals surface area contributed by atoms with Crippen molar-refractivity contribution in [3.8, 4) is 0 Å². The van der Waals surface area contributed by atoms with Gasteiger partial charge in [0.05, 0.1) is 11.3 Å². The van der Waals surface area contributed by atoms with Gasteiger partial charge in [-0.3, -0.25) is 4.79 Å². The van der Waals surface area contributed by atoms with Gasteiger partial charge < -0.3 is 10.1 Å². The quantitative estimate of drug-likeness (QED) is 0.599. The van der Waals surface area contributed by atoms with Gasteiger partial charge in [0.1, 0.15) is 6.61 Å². The third-order valence-electron chi connectivity index (χ3n) is 3.71. The van der Waals surface area contributed by atoms with Crippen molar-refractivity contribution in [2.75, 3.05) is 5.32 Å². The Kier molecular flexibility index (Phi) is 5.81. The highest BCUT2D eigenvalue weighted by Gasteiger charge is 2.15. The summed E-state index contributed by atoms with van der Waals surface area (Å²) in [5.41, 5.74) is 2.13. The number of carbonyl (C=O) groups is 2. The van der Waals surface area contributed by atoms with Crippen molar-refractivity contribution in [3.63, 3.8) is 0 Å². The lowest BCUT2D eigenvalue weighted by atomic mass is 10.1. The molecular formula is C21H16BrNO3. The van der Waals surface area contributed by atoms with Gasteiger partial charge in [-0.1, -0.05) is 58.4 Å². The number of nitrogens with one attached hydrogen (secondary N) is 1. The van der Waals surface area contributed by atoms with Crippen molar-refractivity contribution in [1.82, 2.24) is 0 Å². The first kappa shape index (κ1) is 17.9. The predicted octanol–water partition coefficient (Wildman–Crippen LogP) is 5.06. The molecule has 1 N–H and O–H groups in total. The normalized spacial score (nSPS) is 10.2. The first-order valence-electron chi connectivity index (χ1n) is 8.00. The number of esters is 1. The molecule has 0 aliphatic rings. The van der Waals surface area contributed by atoms with Crippen LogP contribution in [-0.2, 0) is 11.3 Å². The highest BCUT2D eigenvalue weighted by Crippen LogP contribution is 2.19. The largest absolute Gasteiger partial charge is 0.457 e. The van der Waals surface area contributed by atoms with Crippen LogP contribution in [0.4, 0.5) is 5.69 Å². The molecule has 130 valence electrons. The van der Waals surface area contributed by atoms with Crippen LogP contribution in [-0.4, -0.2) is 11.9 Å². The Morgan fingerprint density at radius 1 is 0.846 bits per heavy atom. The molecule has 4 nitrogen and oxygen atoms in total. The summed E-state index contributed by atoms with van der Waals surface area (Å²) in [7, 11) is 0. The minimum Gasteiger partial charge on any atom is -0.457 e. The monoisotopic (exact) mass is 409 g/mol. The maximum atomic E-state index is 12.4. The standard InChI is InChI=1S/C21H16BrNO3/c22-17-12-10-15(11-13-17)14-26-21(25)18-8-4-5-9-19(18)23-20(24)16-6-2-1-3-7-16/h1-13H,14H2,(H,23,24). The zero-order valence-electron chi connectivity index (χ0n) is 13.8. The molecule has 0 radical (unpaired) electrons. The van der Waals surface area contributed by atoms with Crippen molar-refractivity contribution >= 4 is 33.5 Å². The molecular weight excluding hydrogens is 394 g/mol. The fourth-order valence-corrected chi connectivity index (χ4v) is 2.63. The summed E-state index contributed by atoms with van der Waals surface area (Å²) in [6, 6.07) is 23.1. The number of hydrogen-bond acceptors (Lipinski definition) is 3. The SMILES string of the molecule is O=C(Nc1ccccc1C(=O)OCc1ccc(Br)cc1)c1ccccc1. The zero-order chi connectivity index (χ0) is 18.4. The van der Waals surface area contributed by atoms with Crippen LogP contribution >= 0.6 is 15.9 Å². The maximum Gasteiger partial charge on any atom is 0.340 e. The van der Waals surface area contributed by atoms with Crippen molar-refractivity contribution in [3.05, 3.63) is 100 Å². The molecule has 0 saturated heterocycles. The molecule has 0 saturated carbocycles. The van der Waals surface area contributed by atoms with Crippen molar-refractivity contribution in [1.29, 1.82) is 0 Å². The van der Waals surface area contributed by atoms with Crippen LogP contribution < -0.4 is 5.32 Å². The molecule has 0 aliphatic heterocycles. The summed E-state index contributed by atoms with van der Waals surface area (Å²) < 4.78 is 6.34. The molecule has 0 aromatic heterocycles. The Morgan fingerprint density at radius 3 is 2.23 bits per heavy atom. The topological polar surface area (TPSA) is 55.4 Å². The Morgan fingerprint density at radius 2 is 1.50 bits per heavy atom. The van der Waals surface area contributed by atoms with E-state index in [1.807, 2.05) is 30.3 Å². The van der Waals surface area contributed by atoms with E-state index in [9.17, 15) is 9.59 Å². The first-order valence-corrected chi connectivity index (χ1v) is 8.80. The lowest BCUT2D eigenvalue weighted by Gasteiger charge is -2.11. The fourth-order valence-electron chi connectivity index (χ4n) is 2.36. The summed E-state index contributed by atoms with van der Waals surface area (Å²) in [6.07, 6.45) is 0. The van der Waals surface area contributed by atoms with Crippen molar-refractivity contribution < 1.29 is 14.3 Å². The van der Waals surface area contributed by atoms with E-state index in [1.54, 1.807) is 48.5 Å². The number of rotatable bonds is 5. The van der Waals surface area contributed by atoms with Gasteiger partial charge in [0, 0.05) is 10.0 Å². The van der Waals surface area contributed by atoms with Gasteiger partial charge in [0.25, 0.3) is 5.91 Å². The first-order chi connectivity index (χ1) is 12.6. The Labute approximate surface area is 159 Å². The van der Waals surface area contributed by atoms with Gasteiger partial charge >= 0.3 is 5.97 Å². The molecule has 0 unspecified atom stereocenters. The molecule has 1 amide bonds. The molecule has 5 heteroatoms. The van der Waals surface area contributed by atoms with Crippen LogP contribution in [0, 0.1) is 0 Å². The van der Waals surface area contributed by atoms with Gasteiger partial charge in [-0.05, 0) is 42.0 Å². The molecule has 0 aliphatic carbocycles. The smallest absolute Gasteiger partial charge is 0.340 e. The Balaban J connectivity index is 1.70. The molecule has 3 rings (SSSR count). The molecule has 3 aromatic carbocycles. The van der Waals surface area contributed by atoms with Crippen molar-refractivity contribution in [2.45, 2.75) is 6.61 Å². The van der Waals surface area contributed by atoms with Gasteiger partial charge in [0.2, 0.25) is 0 Å². The number of carbonyl (C=O) groups excluding carboxylic acids is 2. The number of ether oxygens (including phenoxy) is 1. The summed E-state index contributed by atoms with van der Waals surface area (Å²) >= 11 is 3.37. The number of para-hydroxylation sites is 1. The molecule has 0 atom stereocenters. The summed E-state index contributed by atoms with van der Waals surface area (Å²) in [6.45, 7) is 0.160. The molecule has 26 heavy (non-hydrogen) atoms.